The van der Waals surface area contributed by atoms with Crippen molar-refractivity contribution >= 4 is 11.9 Å². The van der Waals surface area contributed by atoms with Gasteiger partial charge in [0, 0.05) is 12.1 Å². The standard InChI is InChI=1S/C19H20FNO5/c1-11-8-16(25-2)17(26-3)9-14(11)18(22)21-10-15(19(23)24)12-4-6-13(20)7-5-12/h4-9,15H,10H2,1-3H3,(H,21,22)(H,23,24). The summed E-state index contributed by atoms with van der Waals surface area (Å²) < 4.78 is 23.4. The Balaban J connectivity index is 2.18. The lowest BCUT2D eigenvalue weighted by molar-refractivity contribution is -0.138. The fourth-order valence-electron chi connectivity index (χ4n) is 2.56. The molecule has 6 nitrogen and oxygen atoms in total. The van der Waals surface area contributed by atoms with Gasteiger partial charge in [-0.05, 0) is 42.3 Å². The summed E-state index contributed by atoms with van der Waals surface area (Å²) in [6.45, 7) is 1.61. The van der Waals surface area contributed by atoms with Gasteiger partial charge in [-0.1, -0.05) is 12.1 Å². The van der Waals surface area contributed by atoms with E-state index in [1.54, 1.807) is 13.0 Å². The Morgan fingerprint density at radius 1 is 1.12 bits per heavy atom. The van der Waals surface area contributed by atoms with Crippen LogP contribution in [0.4, 0.5) is 4.39 Å². The number of carboxylic acid groups (broad SMARTS) is 1. The molecule has 0 fully saturated rings. The highest BCUT2D eigenvalue weighted by molar-refractivity contribution is 5.96. The minimum Gasteiger partial charge on any atom is -0.493 e. The zero-order valence-electron chi connectivity index (χ0n) is 14.7. The Kier molecular flexibility index (Phi) is 6.16. The topological polar surface area (TPSA) is 84.9 Å². The van der Waals surface area contributed by atoms with Gasteiger partial charge in [0.25, 0.3) is 5.91 Å². The van der Waals surface area contributed by atoms with Crippen LogP contribution in [-0.2, 0) is 4.79 Å². The molecule has 0 aliphatic carbocycles. The zero-order chi connectivity index (χ0) is 19.3. The maximum Gasteiger partial charge on any atom is 0.312 e. The van der Waals surface area contributed by atoms with Gasteiger partial charge in [-0.15, -0.1) is 0 Å². The van der Waals surface area contributed by atoms with E-state index in [1.165, 1.54) is 44.6 Å². The van der Waals surface area contributed by atoms with Crippen LogP contribution in [0.5, 0.6) is 11.5 Å². The third-order valence-electron chi connectivity index (χ3n) is 4.01. The second kappa shape index (κ2) is 8.33. The lowest BCUT2D eigenvalue weighted by Gasteiger charge is -2.16. The van der Waals surface area contributed by atoms with Crippen molar-refractivity contribution in [2.45, 2.75) is 12.8 Å². The molecular weight excluding hydrogens is 341 g/mol. The van der Waals surface area contributed by atoms with Gasteiger partial charge in [-0.3, -0.25) is 9.59 Å². The Morgan fingerprint density at radius 3 is 2.23 bits per heavy atom. The number of hydrogen-bond donors (Lipinski definition) is 2. The number of ether oxygens (including phenoxy) is 2. The van der Waals surface area contributed by atoms with Gasteiger partial charge in [0.1, 0.15) is 5.82 Å². The Morgan fingerprint density at radius 2 is 1.69 bits per heavy atom. The highest BCUT2D eigenvalue weighted by atomic mass is 19.1. The minimum atomic E-state index is -1.11. The molecule has 0 aliphatic heterocycles. The van der Waals surface area contributed by atoms with Gasteiger partial charge < -0.3 is 19.9 Å². The number of halogens is 1. The molecule has 138 valence electrons. The van der Waals surface area contributed by atoms with Crippen LogP contribution in [0, 0.1) is 12.7 Å². The monoisotopic (exact) mass is 361 g/mol. The van der Waals surface area contributed by atoms with Crippen LogP contribution in [-0.4, -0.2) is 37.7 Å². The first-order valence-electron chi connectivity index (χ1n) is 7.86. The Hall–Kier alpha value is -3.09. The summed E-state index contributed by atoms with van der Waals surface area (Å²) in [5.41, 5.74) is 1.42. The normalized spacial score (nSPS) is 11.5. The van der Waals surface area contributed by atoms with E-state index in [2.05, 4.69) is 5.32 Å². The van der Waals surface area contributed by atoms with Gasteiger partial charge >= 0.3 is 5.97 Å². The quantitative estimate of drug-likeness (QED) is 0.792. The molecule has 2 aromatic carbocycles. The number of carbonyl (C=O) groups is 2. The maximum atomic E-state index is 13.0. The maximum absolute atomic E-state index is 13.0. The summed E-state index contributed by atoms with van der Waals surface area (Å²) >= 11 is 0. The molecule has 0 aliphatic rings. The van der Waals surface area contributed by atoms with Crippen molar-refractivity contribution in [3.05, 3.63) is 58.9 Å². The number of carboxylic acids is 1. The molecule has 0 aromatic heterocycles. The molecule has 7 heteroatoms. The average Bonchev–Trinajstić information content (AvgIpc) is 2.62. The van der Waals surface area contributed by atoms with Crippen molar-refractivity contribution in [3.63, 3.8) is 0 Å². The van der Waals surface area contributed by atoms with Gasteiger partial charge in [0.2, 0.25) is 0 Å². The number of aryl methyl sites for hydroxylation is 1. The summed E-state index contributed by atoms with van der Waals surface area (Å²) in [6.07, 6.45) is 0. The number of nitrogens with one attached hydrogen (secondary N) is 1. The first kappa shape index (κ1) is 19.2. The number of methoxy groups -OCH3 is 2. The van der Waals surface area contributed by atoms with E-state index in [0.717, 1.165) is 0 Å². The molecule has 0 bridgehead atoms. The second-order valence-corrected chi connectivity index (χ2v) is 5.67. The molecule has 0 heterocycles. The van der Waals surface area contributed by atoms with Crippen LogP contribution in [0.15, 0.2) is 36.4 Å². The number of aliphatic carboxylic acids is 1. The molecule has 1 amide bonds. The van der Waals surface area contributed by atoms with E-state index in [1.807, 2.05) is 0 Å². The lowest BCUT2D eigenvalue weighted by atomic mass is 9.99. The first-order chi connectivity index (χ1) is 12.4. The van der Waals surface area contributed by atoms with Crippen molar-refractivity contribution in [2.24, 2.45) is 0 Å². The van der Waals surface area contributed by atoms with E-state index < -0.39 is 23.6 Å². The van der Waals surface area contributed by atoms with Crippen LogP contribution < -0.4 is 14.8 Å². The summed E-state index contributed by atoms with van der Waals surface area (Å²) in [4.78, 5) is 24.0. The Bertz CT molecular complexity index is 804. The van der Waals surface area contributed by atoms with Crippen molar-refractivity contribution in [2.75, 3.05) is 20.8 Å². The molecule has 0 saturated carbocycles. The van der Waals surface area contributed by atoms with Gasteiger partial charge in [-0.2, -0.15) is 0 Å². The largest absolute Gasteiger partial charge is 0.493 e. The highest BCUT2D eigenvalue weighted by Gasteiger charge is 2.22. The Labute approximate surface area is 150 Å². The van der Waals surface area contributed by atoms with Gasteiger partial charge in [0.05, 0.1) is 20.1 Å². The van der Waals surface area contributed by atoms with Crippen LogP contribution in [0.1, 0.15) is 27.4 Å². The smallest absolute Gasteiger partial charge is 0.312 e. The summed E-state index contributed by atoms with van der Waals surface area (Å²) in [7, 11) is 2.96. The fourth-order valence-corrected chi connectivity index (χ4v) is 2.56. The second-order valence-electron chi connectivity index (χ2n) is 5.67. The number of hydrogen-bond acceptors (Lipinski definition) is 4. The summed E-state index contributed by atoms with van der Waals surface area (Å²) in [5.74, 6) is -2.09. The highest BCUT2D eigenvalue weighted by Crippen LogP contribution is 2.30. The third-order valence-corrected chi connectivity index (χ3v) is 4.01. The van der Waals surface area contributed by atoms with E-state index in [9.17, 15) is 19.1 Å². The molecule has 1 atom stereocenters. The van der Waals surface area contributed by atoms with Crippen molar-refractivity contribution < 1.29 is 28.6 Å². The minimum absolute atomic E-state index is 0.131. The molecule has 2 N–H and O–H groups in total. The third kappa shape index (κ3) is 4.30. The molecule has 0 spiro atoms. The molecule has 1 unspecified atom stereocenters. The van der Waals surface area contributed by atoms with Gasteiger partial charge in [0.15, 0.2) is 11.5 Å². The molecule has 0 radical (unpaired) electrons. The predicted octanol–water partition coefficient (Wildman–Crippen LogP) is 2.75. The molecule has 26 heavy (non-hydrogen) atoms. The summed E-state index contributed by atoms with van der Waals surface area (Å²) in [5, 5.41) is 12.0. The fraction of sp³-hybridized carbons (Fsp3) is 0.263. The van der Waals surface area contributed by atoms with E-state index in [4.69, 9.17) is 9.47 Å². The van der Waals surface area contributed by atoms with Crippen molar-refractivity contribution in [3.8, 4) is 11.5 Å². The molecular formula is C19H20FNO5. The number of amides is 1. The number of benzene rings is 2. The zero-order valence-corrected chi connectivity index (χ0v) is 14.7. The average molecular weight is 361 g/mol. The number of carbonyl (C=O) groups excluding carboxylic acids is 1. The van der Waals surface area contributed by atoms with Crippen LogP contribution in [0.25, 0.3) is 0 Å². The van der Waals surface area contributed by atoms with E-state index >= 15 is 0 Å². The van der Waals surface area contributed by atoms with Crippen molar-refractivity contribution in [1.29, 1.82) is 0 Å². The van der Waals surface area contributed by atoms with E-state index in [-0.39, 0.29) is 6.54 Å². The lowest BCUT2D eigenvalue weighted by Crippen LogP contribution is -2.32. The summed E-state index contributed by atoms with van der Waals surface area (Å²) in [6, 6.07) is 8.36. The molecule has 2 aromatic rings. The number of rotatable bonds is 7. The molecule has 2 rings (SSSR count). The SMILES string of the molecule is COc1cc(C)c(C(=O)NCC(C(=O)O)c2ccc(F)cc2)cc1OC. The van der Waals surface area contributed by atoms with Gasteiger partial charge in [-0.25, -0.2) is 4.39 Å². The first-order valence-corrected chi connectivity index (χ1v) is 7.86. The van der Waals surface area contributed by atoms with Crippen LogP contribution in [0.3, 0.4) is 0 Å². The predicted molar refractivity (Wildman–Crippen MR) is 93.4 cm³/mol. The van der Waals surface area contributed by atoms with E-state index in [0.29, 0.717) is 28.2 Å². The molecule has 0 saturated heterocycles. The van der Waals surface area contributed by atoms with Crippen LogP contribution >= 0.6 is 0 Å². The van der Waals surface area contributed by atoms with Crippen molar-refractivity contribution in [1.82, 2.24) is 5.32 Å². The van der Waals surface area contributed by atoms with Crippen LogP contribution in [0.2, 0.25) is 0 Å².